The Morgan fingerprint density at radius 2 is 1.94 bits per heavy atom. The van der Waals surface area contributed by atoms with E-state index in [-0.39, 0.29) is 6.61 Å². The van der Waals surface area contributed by atoms with Gasteiger partial charge in [0.2, 0.25) is 0 Å². The lowest BCUT2D eigenvalue weighted by Gasteiger charge is -2.35. The molecule has 102 valence electrons. The van der Waals surface area contributed by atoms with Crippen LogP contribution in [0, 0.1) is 5.92 Å². The van der Waals surface area contributed by atoms with Crippen LogP contribution in [-0.2, 0) is 6.61 Å². The Kier molecular flexibility index (Phi) is 6.13. The summed E-state index contributed by atoms with van der Waals surface area (Å²) in [7, 11) is 0. The average Bonchev–Trinajstić information content (AvgIpc) is 2.38. The van der Waals surface area contributed by atoms with Crippen LogP contribution in [0.1, 0.15) is 46.1 Å². The SMILES string of the molecule is CCC(CC)N(CC(C)C)c1cnccc1CO. The van der Waals surface area contributed by atoms with E-state index in [0.717, 1.165) is 30.6 Å². The zero-order chi connectivity index (χ0) is 13.5. The second-order valence-corrected chi connectivity index (χ2v) is 5.18. The van der Waals surface area contributed by atoms with Gasteiger partial charge in [-0.15, -0.1) is 0 Å². The topological polar surface area (TPSA) is 36.4 Å². The summed E-state index contributed by atoms with van der Waals surface area (Å²) in [5.74, 6) is 0.595. The summed E-state index contributed by atoms with van der Waals surface area (Å²) in [6.07, 6.45) is 5.85. The normalized spacial score (nSPS) is 11.3. The Labute approximate surface area is 111 Å². The summed E-state index contributed by atoms with van der Waals surface area (Å²) in [6.45, 7) is 9.97. The Balaban J connectivity index is 3.07. The molecule has 0 spiro atoms. The summed E-state index contributed by atoms with van der Waals surface area (Å²) in [5.41, 5.74) is 2.06. The van der Waals surface area contributed by atoms with Crippen molar-refractivity contribution in [2.45, 2.75) is 53.2 Å². The zero-order valence-electron chi connectivity index (χ0n) is 12.1. The molecule has 3 nitrogen and oxygen atoms in total. The molecule has 1 aromatic heterocycles. The van der Waals surface area contributed by atoms with E-state index in [9.17, 15) is 5.11 Å². The first-order valence-electron chi connectivity index (χ1n) is 6.94. The fourth-order valence-corrected chi connectivity index (χ4v) is 2.37. The summed E-state index contributed by atoms with van der Waals surface area (Å²) >= 11 is 0. The Morgan fingerprint density at radius 1 is 1.28 bits per heavy atom. The van der Waals surface area contributed by atoms with Crippen molar-refractivity contribution in [1.82, 2.24) is 4.98 Å². The number of aliphatic hydroxyl groups is 1. The van der Waals surface area contributed by atoms with E-state index in [0.29, 0.717) is 12.0 Å². The highest BCUT2D eigenvalue weighted by atomic mass is 16.3. The number of nitrogens with zero attached hydrogens (tertiary/aromatic N) is 2. The summed E-state index contributed by atoms with van der Waals surface area (Å²) in [6, 6.07) is 2.42. The number of pyridine rings is 1. The van der Waals surface area contributed by atoms with Gasteiger partial charge in [0.15, 0.2) is 0 Å². The maximum atomic E-state index is 9.47. The molecule has 0 saturated heterocycles. The monoisotopic (exact) mass is 250 g/mol. The first kappa shape index (κ1) is 15.0. The first-order valence-corrected chi connectivity index (χ1v) is 6.94. The number of hydrogen-bond acceptors (Lipinski definition) is 3. The van der Waals surface area contributed by atoms with Crippen LogP contribution in [0.3, 0.4) is 0 Å². The van der Waals surface area contributed by atoms with Gasteiger partial charge in [0, 0.05) is 24.3 Å². The lowest BCUT2D eigenvalue weighted by atomic mass is 10.1. The van der Waals surface area contributed by atoms with Gasteiger partial charge in [0.1, 0.15) is 0 Å². The predicted molar refractivity (Wildman–Crippen MR) is 76.7 cm³/mol. The third kappa shape index (κ3) is 3.70. The highest BCUT2D eigenvalue weighted by Gasteiger charge is 2.19. The maximum absolute atomic E-state index is 9.47. The highest BCUT2D eigenvalue weighted by molar-refractivity contribution is 5.52. The van der Waals surface area contributed by atoms with E-state index in [4.69, 9.17) is 0 Å². The molecule has 0 atom stereocenters. The van der Waals surface area contributed by atoms with Crippen molar-refractivity contribution in [3.05, 3.63) is 24.0 Å². The van der Waals surface area contributed by atoms with Gasteiger partial charge in [-0.05, 0) is 24.8 Å². The van der Waals surface area contributed by atoms with Crippen LogP contribution in [0.2, 0.25) is 0 Å². The van der Waals surface area contributed by atoms with E-state index in [1.807, 2.05) is 12.3 Å². The van der Waals surface area contributed by atoms with Crippen LogP contribution in [-0.4, -0.2) is 22.7 Å². The van der Waals surface area contributed by atoms with Gasteiger partial charge in [0.25, 0.3) is 0 Å². The van der Waals surface area contributed by atoms with E-state index >= 15 is 0 Å². The highest BCUT2D eigenvalue weighted by Crippen LogP contribution is 2.25. The molecular formula is C15H26N2O. The van der Waals surface area contributed by atoms with Crippen molar-refractivity contribution in [2.75, 3.05) is 11.4 Å². The van der Waals surface area contributed by atoms with Gasteiger partial charge in [-0.2, -0.15) is 0 Å². The van der Waals surface area contributed by atoms with Gasteiger partial charge in [-0.25, -0.2) is 0 Å². The molecular weight excluding hydrogens is 224 g/mol. The number of aromatic nitrogens is 1. The van der Waals surface area contributed by atoms with Crippen LogP contribution in [0.4, 0.5) is 5.69 Å². The van der Waals surface area contributed by atoms with Crippen molar-refractivity contribution >= 4 is 5.69 Å². The number of hydrogen-bond donors (Lipinski definition) is 1. The van der Waals surface area contributed by atoms with Crippen LogP contribution in [0.25, 0.3) is 0 Å². The fraction of sp³-hybridized carbons (Fsp3) is 0.667. The summed E-state index contributed by atoms with van der Waals surface area (Å²) < 4.78 is 0. The second-order valence-electron chi connectivity index (χ2n) is 5.18. The van der Waals surface area contributed by atoms with Crippen molar-refractivity contribution < 1.29 is 5.11 Å². The van der Waals surface area contributed by atoms with Gasteiger partial charge in [-0.3, -0.25) is 4.98 Å². The Morgan fingerprint density at radius 3 is 2.44 bits per heavy atom. The molecule has 0 radical (unpaired) electrons. The smallest absolute Gasteiger partial charge is 0.0703 e. The molecule has 0 aliphatic heterocycles. The third-order valence-electron chi connectivity index (χ3n) is 3.31. The van der Waals surface area contributed by atoms with Crippen LogP contribution in [0.5, 0.6) is 0 Å². The maximum Gasteiger partial charge on any atom is 0.0703 e. The molecule has 1 heterocycles. The first-order chi connectivity index (χ1) is 8.63. The van der Waals surface area contributed by atoms with Crippen molar-refractivity contribution in [3.63, 3.8) is 0 Å². The van der Waals surface area contributed by atoms with E-state index in [1.165, 1.54) is 0 Å². The molecule has 0 fully saturated rings. The molecule has 0 aromatic carbocycles. The molecule has 0 bridgehead atoms. The van der Waals surface area contributed by atoms with Gasteiger partial charge >= 0.3 is 0 Å². The minimum atomic E-state index is 0.0760. The Bertz CT molecular complexity index is 348. The largest absolute Gasteiger partial charge is 0.392 e. The van der Waals surface area contributed by atoms with Gasteiger partial charge < -0.3 is 10.0 Å². The third-order valence-corrected chi connectivity index (χ3v) is 3.31. The molecule has 0 unspecified atom stereocenters. The predicted octanol–water partition coefficient (Wildman–Crippen LogP) is 3.22. The van der Waals surface area contributed by atoms with Crippen molar-refractivity contribution in [1.29, 1.82) is 0 Å². The quantitative estimate of drug-likeness (QED) is 0.807. The van der Waals surface area contributed by atoms with Crippen molar-refractivity contribution in [2.24, 2.45) is 5.92 Å². The molecule has 0 aliphatic carbocycles. The molecule has 0 amide bonds. The minimum Gasteiger partial charge on any atom is -0.392 e. The van der Waals surface area contributed by atoms with Crippen LogP contribution >= 0.6 is 0 Å². The average molecular weight is 250 g/mol. The zero-order valence-corrected chi connectivity index (χ0v) is 12.1. The molecule has 1 aromatic rings. The molecule has 0 aliphatic rings. The molecule has 1 N–H and O–H groups in total. The lowest BCUT2D eigenvalue weighted by molar-refractivity contribution is 0.281. The molecule has 0 saturated carbocycles. The van der Waals surface area contributed by atoms with E-state index in [1.54, 1.807) is 6.20 Å². The van der Waals surface area contributed by atoms with Crippen molar-refractivity contribution in [3.8, 4) is 0 Å². The van der Waals surface area contributed by atoms with E-state index in [2.05, 4.69) is 37.6 Å². The number of aliphatic hydroxyl groups excluding tert-OH is 1. The summed E-state index contributed by atoms with van der Waals surface area (Å²) in [4.78, 5) is 6.63. The van der Waals surface area contributed by atoms with Gasteiger partial charge in [0.05, 0.1) is 18.5 Å². The lowest BCUT2D eigenvalue weighted by Crippen LogP contribution is -2.38. The standard InChI is InChI=1S/C15H26N2O/c1-5-14(6-2)17(10-12(3)4)15-9-16-8-7-13(15)11-18/h7-9,12,14,18H,5-6,10-11H2,1-4H3. The fourth-order valence-electron chi connectivity index (χ4n) is 2.37. The van der Waals surface area contributed by atoms with E-state index < -0.39 is 0 Å². The Hall–Kier alpha value is -1.09. The second kappa shape index (κ2) is 7.37. The minimum absolute atomic E-state index is 0.0760. The number of anilines is 1. The number of rotatable bonds is 7. The van der Waals surface area contributed by atoms with Gasteiger partial charge in [-0.1, -0.05) is 27.7 Å². The van der Waals surface area contributed by atoms with Crippen LogP contribution in [0.15, 0.2) is 18.5 Å². The molecule has 1 rings (SSSR count). The summed E-state index contributed by atoms with van der Waals surface area (Å²) in [5, 5.41) is 9.47. The molecule has 3 heteroatoms. The molecule has 18 heavy (non-hydrogen) atoms. The van der Waals surface area contributed by atoms with Crippen LogP contribution < -0.4 is 4.90 Å².